The number of pyridine rings is 1. The van der Waals surface area contributed by atoms with Gasteiger partial charge in [-0.05, 0) is 42.7 Å². The molecule has 2 nitrogen and oxygen atoms in total. The smallest absolute Gasteiger partial charge is 0.406 e. The summed E-state index contributed by atoms with van der Waals surface area (Å²) in [4.78, 5) is 4.42. The van der Waals surface area contributed by atoms with Crippen LogP contribution in [0.1, 0.15) is 30.5 Å². The van der Waals surface area contributed by atoms with Crippen molar-refractivity contribution in [2.75, 3.05) is 0 Å². The number of halogens is 3. The summed E-state index contributed by atoms with van der Waals surface area (Å²) in [5.74, 6) is -0.193. The van der Waals surface area contributed by atoms with Gasteiger partial charge in [-0.15, -0.1) is 13.2 Å². The number of ether oxygens (including phenoxy) is 1. The third-order valence-corrected chi connectivity index (χ3v) is 4.00. The van der Waals surface area contributed by atoms with Crippen molar-refractivity contribution in [1.82, 2.24) is 4.98 Å². The second-order valence-electron chi connectivity index (χ2n) is 5.22. The van der Waals surface area contributed by atoms with Crippen molar-refractivity contribution < 1.29 is 17.9 Å². The first-order valence-corrected chi connectivity index (χ1v) is 6.77. The second kappa shape index (κ2) is 5.06. The fourth-order valence-electron chi connectivity index (χ4n) is 2.84. The monoisotopic (exact) mass is 293 g/mol. The van der Waals surface area contributed by atoms with E-state index in [4.69, 9.17) is 0 Å². The maximum absolute atomic E-state index is 12.2. The summed E-state index contributed by atoms with van der Waals surface area (Å²) >= 11 is 0. The second-order valence-corrected chi connectivity index (χ2v) is 5.22. The molecule has 0 spiro atoms. The molecule has 1 aliphatic carbocycles. The molecule has 1 heterocycles. The van der Waals surface area contributed by atoms with E-state index < -0.39 is 6.36 Å². The summed E-state index contributed by atoms with van der Waals surface area (Å²) < 4.78 is 40.5. The first-order chi connectivity index (χ1) is 10.00. The summed E-state index contributed by atoms with van der Waals surface area (Å²) in [6, 6.07) is 11.9. The van der Waals surface area contributed by atoms with Gasteiger partial charge in [0.15, 0.2) is 0 Å². The van der Waals surface area contributed by atoms with E-state index in [1.807, 2.05) is 18.2 Å². The zero-order chi connectivity index (χ0) is 14.9. The van der Waals surface area contributed by atoms with Crippen LogP contribution < -0.4 is 4.74 Å². The molecule has 0 saturated heterocycles. The van der Waals surface area contributed by atoms with Crippen LogP contribution in [0.3, 0.4) is 0 Å². The molecule has 0 bridgehead atoms. The van der Waals surface area contributed by atoms with Gasteiger partial charge in [-0.3, -0.25) is 4.98 Å². The van der Waals surface area contributed by atoms with E-state index in [-0.39, 0.29) is 11.2 Å². The van der Waals surface area contributed by atoms with Gasteiger partial charge in [0.25, 0.3) is 0 Å². The molecule has 21 heavy (non-hydrogen) atoms. The SMILES string of the molecule is FC(F)(F)Oc1ccc(C2(c3ccccn3)CCC2)cc1. The lowest BCUT2D eigenvalue weighted by Crippen LogP contribution is -2.36. The van der Waals surface area contributed by atoms with Crippen molar-refractivity contribution in [2.24, 2.45) is 0 Å². The third-order valence-electron chi connectivity index (χ3n) is 4.00. The number of benzene rings is 1. The van der Waals surface area contributed by atoms with E-state index in [1.165, 1.54) is 12.1 Å². The van der Waals surface area contributed by atoms with Crippen LogP contribution in [0.15, 0.2) is 48.7 Å². The predicted octanol–water partition coefficient (Wildman–Crippen LogP) is 4.45. The Morgan fingerprint density at radius 1 is 1.00 bits per heavy atom. The van der Waals surface area contributed by atoms with Crippen LogP contribution in [0.4, 0.5) is 13.2 Å². The average molecular weight is 293 g/mol. The molecule has 110 valence electrons. The van der Waals surface area contributed by atoms with Crippen molar-refractivity contribution in [2.45, 2.75) is 31.0 Å². The minimum Gasteiger partial charge on any atom is -0.406 e. The average Bonchev–Trinajstić information content (AvgIpc) is 2.39. The van der Waals surface area contributed by atoms with Crippen LogP contribution in [-0.2, 0) is 5.41 Å². The molecule has 1 aromatic heterocycles. The zero-order valence-corrected chi connectivity index (χ0v) is 11.2. The first kappa shape index (κ1) is 13.9. The molecule has 5 heteroatoms. The van der Waals surface area contributed by atoms with Gasteiger partial charge in [0.05, 0.1) is 5.69 Å². The Hall–Kier alpha value is -2.04. The van der Waals surface area contributed by atoms with Crippen LogP contribution in [-0.4, -0.2) is 11.3 Å². The predicted molar refractivity (Wildman–Crippen MR) is 72.0 cm³/mol. The molecule has 0 radical (unpaired) electrons. The number of aromatic nitrogens is 1. The maximum Gasteiger partial charge on any atom is 0.573 e. The quantitative estimate of drug-likeness (QED) is 0.834. The van der Waals surface area contributed by atoms with Gasteiger partial charge in [-0.1, -0.05) is 24.6 Å². The van der Waals surface area contributed by atoms with E-state index in [2.05, 4.69) is 9.72 Å². The van der Waals surface area contributed by atoms with Crippen molar-refractivity contribution in [1.29, 1.82) is 0 Å². The molecule has 1 fully saturated rings. The number of alkyl halides is 3. The van der Waals surface area contributed by atoms with E-state index in [0.29, 0.717) is 0 Å². The van der Waals surface area contributed by atoms with E-state index in [0.717, 1.165) is 30.5 Å². The molecule has 1 aliphatic rings. The van der Waals surface area contributed by atoms with Crippen LogP contribution in [0.25, 0.3) is 0 Å². The van der Waals surface area contributed by atoms with Crippen LogP contribution >= 0.6 is 0 Å². The van der Waals surface area contributed by atoms with Crippen molar-refractivity contribution in [3.63, 3.8) is 0 Å². The van der Waals surface area contributed by atoms with Gasteiger partial charge < -0.3 is 4.74 Å². The molecular formula is C16H14F3NO. The van der Waals surface area contributed by atoms with Gasteiger partial charge in [0.2, 0.25) is 0 Å². The summed E-state index contributed by atoms with van der Waals surface area (Å²) in [5.41, 5.74) is 1.79. The Kier molecular flexibility index (Phi) is 3.35. The highest BCUT2D eigenvalue weighted by Crippen LogP contribution is 2.48. The molecule has 2 aromatic rings. The summed E-state index contributed by atoms with van der Waals surface area (Å²) in [6.07, 6.45) is 0.109. The van der Waals surface area contributed by atoms with Gasteiger partial charge in [0.1, 0.15) is 5.75 Å². The number of hydrogen-bond donors (Lipinski definition) is 0. The van der Waals surface area contributed by atoms with Crippen LogP contribution in [0.5, 0.6) is 5.75 Å². The van der Waals surface area contributed by atoms with Gasteiger partial charge in [-0.25, -0.2) is 0 Å². The lowest BCUT2D eigenvalue weighted by molar-refractivity contribution is -0.274. The van der Waals surface area contributed by atoms with Crippen molar-refractivity contribution >= 4 is 0 Å². The molecule has 0 aliphatic heterocycles. The molecule has 1 saturated carbocycles. The van der Waals surface area contributed by atoms with Crippen LogP contribution in [0, 0.1) is 0 Å². The van der Waals surface area contributed by atoms with Gasteiger partial charge >= 0.3 is 6.36 Å². The minimum atomic E-state index is -4.66. The molecule has 0 unspecified atom stereocenters. The zero-order valence-electron chi connectivity index (χ0n) is 11.2. The molecule has 3 rings (SSSR count). The van der Waals surface area contributed by atoms with Crippen molar-refractivity contribution in [3.05, 3.63) is 59.9 Å². The Morgan fingerprint density at radius 3 is 2.19 bits per heavy atom. The first-order valence-electron chi connectivity index (χ1n) is 6.77. The normalized spacial score (nSPS) is 17.1. The number of rotatable bonds is 3. The topological polar surface area (TPSA) is 22.1 Å². The maximum atomic E-state index is 12.2. The standard InChI is InChI=1S/C16H14F3NO/c17-16(18,19)21-13-7-5-12(6-8-13)15(9-3-10-15)14-4-1-2-11-20-14/h1-2,4-8,11H,3,9-10H2. The highest BCUT2D eigenvalue weighted by atomic mass is 19.4. The van der Waals surface area contributed by atoms with Crippen LogP contribution in [0.2, 0.25) is 0 Å². The summed E-state index contributed by atoms with van der Waals surface area (Å²) in [5, 5.41) is 0. The largest absolute Gasteiger partial charge is 0.573 e. The highest BCUT2D eigenvalue weighted by Gasteiger charge is 2.41. The Morgan fingerprint density at radius 2 is 1.71 bits per heavy atom. The fraction of sp³-hybridized carbons (Fsp3) is 0.312. The minimum absolute atomic E-state index is 0.169. The molecule has 0 N–H and O–H groups in total. The lowest BCUT2D eigenvalue weighted by atomic mass is 9.62. The molecule has 1 aromatic carbocycles. The van der Waals surface area contributed by atoms with Gasteiger partial charge in [0, 0.05) is 11.6 Å². The third kappa shape index (κ3) is 2.73. The van der Waals surface area contributed by atoms with E-state index in [1.54, 1.807) is 18.3 Å². The molecule has 0 amide bonds. The van der Waals surface area contributed by atoms with Crippen molar-refractivity contribution in [3.8, 4) is 5.75 Å². The molecule has 0 atom stereocenters. The van der Waals surface area contributed by atoms with Gasteiger partial charge in [-0.2, -0.15) is 0 Å². The fourth-order valence-corrected chi connectivity index (χ4v) is 2.84. The Balaban J connectivity index is 1.89. The Bertz CT molecular complexity index is 604. The number of hydrogen-bond acceptors (Lipinski definition) is 2. The van der Waals surface area contributed by atoms with E-state index in [9.17, 15) is 13.2 Å². The number of nitrogens with zero attached hydrogens (tertiary/aromatic N) is 1. The summed E-state index contributed by atoms with van der Waals surface area (Å²) in [6.45, 7) is 0. The highest BCUT2D eigenvalue weighted by molar-refractivity contribution is 5.41. The summed E-state index contributed by atoms with van der Waals surface area (Å²) in [7, 11) is 0. The van der Waals surface area contributed by atoms with E-state index >= 15 is 0 Å². The lowest BCUT2D eigenvalue weighted by Gasteiger charge is -2.42. The Labute approximate surface area is 120 Å². The molecular weight excluding hydrogens is 279 g/mol.